The number of anilines is 2. The maximum atomic E-state index is 12.2. The Bertz CT molecular complexity index is 591. The highest BCUT2D eigenvalue weighted by molar-refractivity contribution is 7.91. The van der Waals surface area contributed by atoms with Gasteiger partial charge in [0.05, 0.1) is 27.4 Å². The Balaban J connectivity index is 2.73. The van der Waals surface area contributed by atoms with Crippen LogP contribution in [-0.2, 0) is 14.6 Å². The summed E-state index contributed by atoms with van der Waals surface area (Å²) in [6.07, 6.45) is 0. The summed E-state index contributed by atoms with van der Waals surface area (Å²) >= 11 is 0. The average Bonchev–Trinajstić information content (AvgIpc) is 2.24. The van der Waals surface area contributed by atoms with Crippen molar-refractivity contribution in [2.45, 2.75) is 18.7 Å². The number of nitrogen functional groups attached to an aromatic ring is 1. The van der Waals surface area contributed by atoms with Crippen molar-refractivity contribution < 1.29 is 13.2 Å². The van der Waals surface area contributed by atoms with E-state index in [4.69, 9.17) is 5.73 Å². The molecule has 6 heteroatoms. The second kappa shape index (κ2) is 3.46. The molecule has 0 spiro atoms. The first-order chi connectivity index (χ1) is 7.74. The third kappa shape index (κ3) is 1.88. The Labute approximate surface area is 99.9 Å². The molecule has 0 unspecified atom stereocenters. The van der Waals surface area contributed by atoms with Gasteiger partial charge in [-0.15, -0.1) is 0 Å². The molecule has 1 aliphatic rings. The molecule has 1 heterocycles. The minimum Gasteiger partial charge on any atom is -0.397 e. The van der Waals surface area contributed by atoms with Crippen LogP contribution in [-0.4, -0.2) is 20.1 Å². The fraction of sp³-hybridized carbons (Fsp3) is 0.364. The number of amides is 1. The molecule has 3 N–H and O–H groups in total. The van der Waals surface area contributed by atoms with Crippen molar-refractivity contribution in [2.75, 3.05) is 16.8 Å². The van der Waals surface area contributed by atoms with Crippen LogP contribution in [0.5, 0.6) is 0 Å². The Morgan fingerprint density at radius 2 is 2.00 bits per heavy atom. The Morgan fingerprint density at radius 3 is 2.65 bits per heavy atom. The maximum absolute atomic E-state index is 12.2. The number of fused-ring (bicyclic) bond motifs is 1. The van der Waals surface area contributed by atoms with Gasteiger partial charge in [0.25, 0.3) is 0 Å². The first kappa shape index (κ1) is 11.9. The van der Waals surface area contributed by atoms with Crippen molar-refractivity contribution in [3.05, 3.63) is 18.2 Å². The van der Waals surface area contributed by atoms with Crippen LogP contribution in [0, 0.1) is 5.41 Å². The number of hydrogen-bond donors (Lipinski definition) is 2. The number of sulfone groups is 1. The van der Waals surface area contributed by atoms with Gasteiger partial charge < -0.3 is 11.1 Å². The normalized spacial score (nSPS) is 21.2. The third-order valence-corrected chi connectivity index (χ3v) is 4.91. The number of rotatable bonds is 0. The van der Waals surface area contributed by atoms with Crippen LogP contribution in [0.25, 0.3) is 0 Å². The van der Waals surface area contributed by atoms with Crippen molar-refractivity contribution in [3.63, 3.8) is 0 Å². The lowest BCUT2D eigenvalue weighted by Gasteiger charge is -2.19. The van der Waals surface area contributed by atoms with Crippen LogP contribution >= 0.6 is 0 Å². The molecular formula is C11H14N2O3S. The van der Waals surface area contributed by atoms with Crippen LogP contribution in [0.4, 0.5) is 11.4 Å². The van der Waals surface area contributed by atoms with Crippen molar-refractivity contribution in [3.8, 4) is 0 Å². The van der Waals surface area contributed by atoms with E-state index in [9.17, 15) is 13.2 Å². The zero-order chi connectivity index (χ0) is 12.8. The molecule has 0 saturated heterocycles. The van der Waals surface area contributed by atoms with Gasteiger partial charge >= 0.3 is 0 Å². The molecule has 1 aromatic carbocycles. The molecule has 0 bridgehead atoms. The Morgan fingerprint density at radius 1 is 1.35 bits per heavy atom. The number of carbonyl (C=O) groups excluding carboxylic acids is 1. The lowest BCUT2D eigenvalue weighted by Crippen LogP contribution is -2.34. The highest BCUT2D eigenvalue weighted by atomic mass is 32.2. The van der Waals surface area contributed by atoms with Gasteiger partial charge in [0.2, 0.25) is 5.91 Å². The molecule has 1 aromatic rings. The fourth-order valence-electron chi connectivity index (χ4n) is 1.84. The quantitative estimate of drug-likeness (QED) is 0.676. The van der Waals surface area contributed by atoms with E-state index < -0.39 is 15.3 Å². The summed E-state index contributed by atoms with van der Waals surface area (Å²) in [7, 11) is -3.50. The monoisotopic (exact) mass is 254 g/mol. The molecule has 17 heavy (non-hydrogen) atoms. The summed E-state index contributed by atoms with van der Waals surface area (Å²) in [5, 5.41) is 2.59. The maximum Gasteiger partial charge on any atom is 0.231 e. The first-order valence-corrected chi connectivity index (χ1v) is 6.82. The molecule has 0 aromatic heterocycles. The second-order valence-electron chi connectivity index (χ2n) is 4.82. The predicted octanol–water partition coefficient (Wildman–Crippen LogP) is 1.02. The van der Waals surface area contributed by atoms with Gasteiger partial charge in [-0.1, -0.05) is 19.9 Å². The Kier molecular flexibility index (Phi) is 2.43. The summed E-state index contributed by atoms with van der Waals surface area (Å²) in [6.45, 7) is 3.20. The highest BCUT2D eigenvalue weighted by Crippen LogP contribution is 2.36. The van der Waals surface area contributed by atoms with Gasteiger partial charge in [-0.2, -0.15) is 0 Å². The van der Waals surface area contributed by atoms with E-state index in [1.54, 1.807) is 26.0 Å². The van der Waals surface area contributed by atoms with E-state index in [2.05, 4.69) is 5.32 Å². The summed E-state index contributed by atoms with van der Waals surface area (Å²) < 4.78 is 24.3. The molecule has 5 nitrogen and oxygen atoms in total. The average molecular weight is 254 g/mol. The molecule has 1 aliphatic heterocycles. The van der Waals surface area contributed by atoms with Gasteiger partial charge in [-0.3, -0.25) is 4.79 Å². The lowest BCUT2D eigenvalue weighted by molar-refractivity contribution is -0.122. The largest absolute Gasteiger partial charge is 0.397 e. The standard InChI is InChI=1S/C11H14N2O3S/c1-11(2)6-17(15,16)8-5-3-4-7(12)9(8)13-10(11)14/h3-5H,6,12H2,1-2H3,(H,13,14). The third-order valence-electron chi connectivity index (χ3n) is 2.80. The molecule has 92 valence electrons. The predicted molar refractivity (Wildman–Crippen MR) is 65.3 cm³/mol. The highest BCUT2D eigenvalue weighted by Gasteiger charge is 2.39. The van der Waals surface area contributed by atoms with Crippen molar-refractivity contribution in [1.82, 2.24) is 0 Å². The fourth-order valence-corrected chi connectivity index (χ4v) is 3.84. The van der Waals surface area contributed by atoms with Gasteiger partial charge in [-0.05, 0) is 12.1 Å². The summed E-state index contributed by atoms with van der Waals surface area (Å²) in [5.41, 5.74) is 5.19. The number of para-hydroxylation sites is 1. The zero-order valence-electron chi connectivity index (χ0n) is 9.65. The van der Waals surface area contributed by atoms with Crippen LogP contribution in [0.3, 0.4) is 0 Å². The minimum absolute atomic E-state index is 0.0939. The van der Waals surface area contributed by atoms with Gasteiger partial charge in [0, 0.05) is 0 Å². The molecule has 0 atom stereocenters. The van der Waals surface area contributed by atoms with Crippen molar-refractivity contribution >= 4 is 27.1 Å². The molecule has 1 amide bonds. The topological polar surface area (TPSA) is 89.3 Å². The first-order valence-electron chi connectivity index (χ1n) is 5.17. The number of nitrogens with one attached hydrogen (secondary N) is 1. The molecule has 0 radical (unpaired) electrons. The SMILES string of the molecule is CC1(C)CS(=O)(=O)c2cccc(N)c2NC1=O. The molecule has 2 rings (SSSR count). The number of carbonyl (C=O) groups is 1. The number of benzene rings is 1. The minimum atomic E-state index is -3.50. The van der Waals surface area contributed by atoms with E-state index >= 15 is 0 Å². The smallest absolute Gasteiger partial charge is 0.231 e. The van der Waals surface area contributed by atoms with Gasteiger partial charge in [0.15, 0.2) is 9.84 Å². The Hall–Kier alpha value is -1.56. The van der Waals surface area contributed by atoms with Gasteiger partial charge in [-0.25, -0.2) is 8.42 Å². The zero-order valence-corrected chi connectivity index (χ0v) is 10.5. The summed E-state index contributed by atoms with van der Waals surface area (Å²) in [5.74, 6) is -0.555. The van der Waals surface area contributed by atoms with Crippen molar-refractivity contribution in [2.24, 2.45) is 5.41 Å². The number of hydrogen-bond acceptors (Lipinski definition) is 4. The van der Waals surface area contributed by atoms with Crippen LogP contribution in [0.15, 0.2) is 23.1 Å². The van der Waals surface area contributed by atoms with Crippen LogP contribution < -0.4 is 11.1 Å². The van der Waals surface area contributed by atoms with Crippen LogP contribution in [0.1, 0.15) is 13.8 Å². The summed E-state index contributed by atoms with van der Waals surface area (Å²) in [4.78, 5) is 12.0. The van der Waals surface area contributed by atoms with E-state index in [1.807, 2.05) is 0 Å². The molecule has 0 fully saturated rings. The molecule has 0 aliphatic carbocycles. The van der Waals surface area contributed by atoms with E-state index in [0.717, 1.165) is 0 Å². The number of nitrogens with two attached hydrogens (primary N) is 1. The lowest BCUT2D eigenvalue weighted by atomic mass is 9.95. The van der Waals surface area contributed by atoms with Gasteiger partial charge in [0.1, 0.15) is 0 Å². The second-order valence-corrected chi connectivity index (χ2v) is 6.78. The summed E-state index contributed by atoms with van der Waals surface area (Å²) in [6, 6.07) is 4.59. The molecular weight excluding hydrogens is 240 g/mol. The van der Waals surface area contributed by atoms with E-state index in [0.29, 0.717) is 0 Å². The van der Waals surface area contributed by atoms with E-state index in [1.165, 1.54) is 6.07 Å². The van der Waals surface area contributed by atoms with E-state index in [-0.39, 0.29) is 27.9 Å². The van der Waals surface area contributed by atoms with Crippen LogP contribution in [0.2, 0.25) is 0 Å². The van der Waals surface area contributed by atoms with Crippen molar-refractivity contribution in [1.29, 1.82) is 0 Å². The molecule has 0 saturated carbocycles.